The van der Waals surface area contributed by atoms with E-state index in [2.05, 4.69) is 9.88 Å². The topological polar surface area (TPSA) is 66.6 Å². The predicted octanol–water partition coefficient (Wildman–Crippen LogP) is 2.55. The molecular formula is C16H18N2O3. The van der Waals surface area contributed by atoms with Crippen molar-refractivity contribution >= 4 is 5.97 Å². The summed E-state index contributed by atoms with van der Waals surface area (Å²) in [7, 11) is 0. The Bertz CT molecular complexity index is 691. The highest BCUT2D eigenvalue weighted by atomic mass is 16.4. The summed E-state index contributed by atoms with van der Waals surface area (Å²) in [6.07, 6.45) is 0.867. The molecule has 0 saturated heterocycles. The predicted molar refractivity (Wildman–Crippen MR) is 77.2 cm³/mol. The molecule has 0 bridgehead atoms. The lowest BCUT2D eigenvalue weighted by molar-refractivity contribution is 0.0693. The standard InChI is InChI=1S/C16H18N2O3/c1-10-15(17-11(2)21-10)9-18-7-6-12-4-3-5-13(16(19)20)14(12)8-18/h3-5H,6-9H2,1-2H3,(H,19,20). The molecule has 0 aliphatic carbocycles. The molecule has 2 heterocycles. The molecule has 1 aliphatic heterocycles. The van der Waals surface area contributed by atoms with Gasteiger partial charge < -0.3 is 9.52 Å². The van der Waals surface area contributed by atoms with Crippen LogP contribution >= 0.6 is 0 Å². The molecule has 1 aromatic heterocycles. The van der Waals surface area contributed by atoms with Crippen LogP contribution in [-0.2, 0) is 19.5 Å². The number of nitrogens with zero attached hydrogens (tertiary/aromatic N) is 2. The molecule has 1 N–H and O–H groups in total. The van der Waals surface area contributed by atoms with Crippen molar-refractivity contribution in [1.82, 2.24) is 9.88 Å². The maximum Gasteiger partial charge on any atom is 0.336 e. The summed E-state index contributed by atoms with van der Waals surface area (Å²) in [4.78, 5) is 18.0. The average molecular weight is 286 g/mol. The molecule has 0 fully saturated rings. The molecule has 21 heavy (non-hydrogen) atoms. The third-order valence-electron chi connectivity index (χ3n) is 3.96. The number of carboxylic acids is 1. The number of aromatic carboxylic acids is 1. The van der Waals surface area contributed by atoms with E-state index in [1.807, 2.05) is 26.0 Å². The second-order valence-electron chi connectivity index (χ2n) is 5.44. The smallest absolute Gasteiger partial charge is 0.336 e. The van der Waals surface area contributed by atoms with Gasteiger partial charge in [0, 0.05) is 26.6 Å². The highest BCUT2D eigenvalue weighted by Gasteiger charge is 2.22. The Hall–Kier alpha value is -2.14. The molecule has 0 saturated carbocycles. The van der Waals surface area contributed by atoms with Crippen molar-refractivity contribution in [2.24, 2.45) is 0 Å². The number of carbonyl (C=O) groups is 1. The third kappa shape index (κ3) is 2.69. The summed E-state index contributed by atoms with van der Waals surface area (Å²) in [5.41, 5.74) is 3.40. The van der Waals surface area contributed by atoms with Gasteiger partial charge in [-0.3, -0.25) is 4.90 Å². The van der Waals surface area contributed by atoms with Gasteiger partial charge in [-0.05, 0) is 30.5 Å². The fourth-order valence-corrected chi connectivity index (χ4v) is 2.90. The lowest BCUT2D eigenvalue weighted by atomic mass is 9.95. The first-order valence-electron chi connectivity index (χ1n) is 7.04. The monoisotopic (exact) mass is 286 g/mol. The summed E-state index contributed by atoms with van der Waals surface area (Å²) in [5, 5.41) is 9.32. The van der Waals surface area contributed by atoms with E-state index >= 15 is 0 Å². The summed E-state index contributed by atoms with van der Waals surface area (Å²) < 4.78 is 5.46. The molecule has 0 amide bonds. The zero-order chi connectivity index (χ0) is 15.0. The van der Waals surface area contributed by atoms with Crippen molar-refractivity contribution < 1.29 is 14.3 Å². The molecule has 110 valence electrons. The molecule has 0 atom stereocenters. The number of fused-ring (bicyclic) bond motifs is 1. The normalized spacial score (nSPS) is 15.0. The number of rotatable bonds is 3. The Kier molecular flexibility index (Phi) is 3.51. The molecule has 1 aromatic carbocycles. The lowest BCUT2D eigenvalue weighted by Gasteiger charge is -2.29. The Morgan fingerprint density at radius 1 is 1.43 bits per heavy atom. The van der Waals surface area contributed by atoms with Crippen LogP contribution in [0.1, 0.15) is 38.8 Å². The summed E-state index contributed by atoms with van der Waals surface area (Å²) in [6, 6.07) is 5.52. The van der Waals surface area contributed by atoms with E-state index in [-0.39, 0.29) is 0 Å². The van der Waals surface area contributed by atoms with Gasteiger partial charge in [0.2, 0.25) is 0 Å². The van der Waals surface area contributed by atoms with Gasteiger partial charge in [0.1, 0.15) is 5.76 Å². The van der Waals surface area contributed by atoms with E-state index in [9.17, 15) is 9.90 Å². The zero-order valence-electron chi connectivity index (χ0n) is 12.2. The molecule has 0 spiro atoms. The number of aromatic nitrogens is 1. The number of hydrogen-bond acceptors (Lipinski definition) is 4. The van der Waals surface area contributed by atoms with Crippen molar-refractivity contribution in [3.63, 3.8) is 0 Å². The van der Waals surface area contributed by atoms with Crippen LogP contribution < -0.4 is 0 Å². The maximum atomic E-state index is 11.3. The van der Waals surface area contributed by atoms with Gasteiger partial charge in [0.05, 0.1) is 11.3 Å². The zero-order valence-corrected chi connectivity index (χ0v) is 12.2. The van der Waals surface area contributed by atoms with Gasteiger partial charge in [0.25, 0.3) is 0 Å². The minimum atomic E-state index is -0.859. The molecule has 0 unspecified atom stereocenters. The molecule has 1 aliphatic rings. The minimum Gasteiger partial charge on any atom is -0.478 e. The third-order valence-corrected chi connectivity index (χ3v) is 3.96. The molecule has 0 radical (unpaired) electrons. The van der Waals surface area contributed by atoms with Crippen LogP contribution in [0.15, 0.2) is 22.6 Å². The van der Waals surface area contributed by atoms with Crippen LogP contribution in [0, 0.1) is 13.8 Å². The van der Waals surface area contributed by atoms with Crippen LogP contribution in [0.5, 0.6) is 0 Å². The molecule has 5 heteroatoms. The number of hydrogen-bond donors (Lipinski definition) is 1. The molecular weight excluding hydrogens is 268 g/mol. The molecule has 2 aromatic rings. The van der Waals surface area contributed by atoms with Crippen molar-refractivity contribution in [2.45, 2.75) is 33.4 Å². The van der Waals surface area contributed by atoms with Crippen LogP contribution in [0.25, 0.3) is 0 Å². The number of benzene rings is 1. The molecule has 3 rings (SSSR count). The van der Waals surface area contributed by atoms with Gasteiger partial charge in [-0.15, -0.1) is 0 Å². The van der Waals surface area contributed by atoms with Crippen LogP contribution in [0.3, 0.4) is 0 Å². The first kappa shape index (κ1) is 13.8. The SMILES string of the molecule is Cc1nc(CN2CCc3cccc(C(=O)O)c3C2)c(C)o1. The summed E-state index contributed by atoms with van der Waals surface area (Å²) in [6.45, 7) is 5.99. The highest BCUT2D eigenvalue weighted by molar-refractivity contribution is 5.89. The van der Waals surface area contributed by atoms with Crippen LogP contribution in [0.4, 0.5) is 0 Å². The van der Waals surface area contributed by atoms with Gasteiger partial charge in [-0.25, -0.2) is 9.78 Å². The lowest BCUT2D eigenvalue weighted by Crippen LogP contribution is -2.31. The summed E-state index contributed by atoms with van der Waals surface area (Å²) >= 11 is 0. The van der Waals surface area contributed by atoms with E-state index in [0.29, 0.717) is 24.5 Å². The van der Waals surface area contributed by atoms with Crippen molar-refractivity contribution in [3.8, 4) is 0 Å². The van der Waals surface area contributed by atoms with Crippen molar-refractivity contribution in [1.29, 1.82) is 0 Å². The van der Waals surface area contributed by atoms with E-state index in [1.54, 1.807) is 6.07 Å². The van der Waals surface area contributed by atoms with Crippen molar-refractivity contribution in [3.05, 3.63) is 52.2 Å². The number of carboxylic acid groups (broad SMARTS) is 1. The first-order valence-corrected chi connectivity index (χ1v) is 7.04. The fraction of sp³-hybridized carbons (Fsp3) is 0.375. The van der Waals surface area contributed by atoms with Crippen molar-refractivity contribution in [2.75, 3.05) is 6.54 Å². The van der Waals surface area contributed by atoms with Gasteiger partial charge in [-0.2, -0.15) is 0 Å². The second-order valence-corrected chi connectivity index (χ2v) is 5.44. The Labute approximate surface area is 123 Å². The fourth-order valence-electron chi connectivity index (χ4n) is 2.90. The van der Waals surface area contributed by atoms with Crippen LogP contribution in [-0.4, -0.2) is 27.5 Å². The van der Waals surface area contributed by atoms with E-state index < -0.39 is 5.97 Å². The summed E-state index contributed by atoms with van der Waals surface area (Å²) in [5.74, 6) is 0.651. The van der Waals surface area contributed by atoms with E-state index in [1.165, 1.54) is 0 Å². The molecule has 5 nitrogen and oxygen atoms in total. The van der Waals surface area contributed by atoms with Gasteiger partial charge in [0.15, 0.2) is 5.89 Å². The first-order chi connectivity index (χ1) is 10.0. The number of aryl methyl sites for hydroxylation is 2. The highest BCUT2D eigenvalue weighted by Crippen LogP contribution is 2.24. The quantitative estimate of drug-likeness (QED) is 0.939. The Balaban J connectivity index is 1.84. The second kappa shape index (κ2) is 5.33. The van der Waals surface area contributed by atoms with E-state index in [0.717, 1.165) is 35.5 Å². The largest absolute Gasteiger partial charge is 0.478 e. The Morgan fingerprint density at radius 2 is 2.24 bits per heavy atom. The van der Waals surface area contributed by atoms with E-state index in [4.69, 9.17) is 4.42 Å². The Morgan fingerprint density at radius 3 is 2.90 bits per heavy atom. The van der Waals surface area contributed by atoms with Gasteiger partial charge >= 0.3 is 5.97 Å². The average Bonchev–Trinajstić information content (AvgIpc) is 2.76. The minimum absolute atomic E-state index is 0.408. The van der Waals surface area contributed by atoms with Crippen LogP contribution in [0.2, 0.25) is 0 Å². The number of oxazole rings is 1. The maximum absolute atomic E-state index is 11.3. The van der Waals surface area contributed by atoms with Gasteiger partial charge in [-0.1, -0.05) is 12.1 Å².